The van der Waals surface area contributed by atoms with Gasteiger partial charge in [0.25, 0.3) is 0 Å². The minimum atomic E-state index is -1.04. The van der Waals surface area contributed by atoms with Gasteiger partial charge >= 0.3 is 5.97 Å². The van der Waals surface area contributed by atoms with Crippen LogP contribution in [0.1, 0.15) is 53.4 Å². The molecule has 2 aliphatic carbocycles. The zero-order chi connectivity index (χ0) is 24.3. The Morgan fingerprint density at radius 2 is 2.09 bits per heavy atom. The highest BCUT2D eigenvalue weighted by atomic mass is 32.2. The number of carbonyl (C=O) groups is 1. The van der Waals surface area contributed by atoms with Crippen molar-refractivity contribution in [2.75, 3.05) is 25.4 Å². The van der Waals surface area contributed by atoms with E-state index in [1.54, 1.807) is 0 Å². The Morgan fingerprint density at radius 3 is 2.76 bits per heavy atom. The molecule has 1 N–H and O–H groups in total. The number of ether oxygens (including phenoxy) is 1. The monoisotopic (exact) mass is 484 g/mol. The molecule has 6 atom stereocenters. The number of fused-ring (bicyclic) bond motifs is 1. The summed E-state index contributed by atoms with van der Waals surface area (Å²) in [5.74, 6) is 2.60. The molecule has 1 saturated carbocycles. The lowest BCUT2D eigenvalue weighted by molar-refractivity contribution is -0.148. The first kappa shape index (κ1) is 25.7. The van der Waals surface area contributed by atoms with Gasteiger partial charge in [-0.1, -0.05) is 26.0 Å². The Balaban J connectivity index is 1.33. The predicted octanol–water partition coefficient (Wildman–Crippen LogP) is 4.89. The maximum Gasteiger partial charge on any atom is 0.303 e. The van der Waals surface area contributed by atoms with Crippen molar-refractivity contribution < 1.29 is 14.6 Å². The van der Waals surface area contributed by atoms with Crippen molar-refractivity contribution in [1.82, 2.24) is 9.88 Å². The number of piperidine rings is 1. The van der Waals surface area contributed by atoms with Gasteiger partial charge in [-0.15, -0.1) is 11.8 Å². The summed E-state index contributed by atoms with van der Waals surface area (Å²) in [7, 11) is 0. The summed E-state index contributed by atoms with van der Waals surface area (Å²) < 4.78 is 5.45. The molecule has 1 aromatic rings. The topological polar surface area (TPSA) is 62.7 Å². The van der Waals surface area contributed by atoms with Gasteiger partial charge in [0.05, 0.1) is 17.0 Å². The fourth-order valence-corrected chi connectivity index (χ4v) is 7.17. The van der Waals surface area contributed by atoms with Crippen molar-refractivity contribution in [1.29, 1.82) is 0 Å². The second-order valence-corrected chi connectivity index (χ2v) is 11.8. The largest absolute Gasteiger partial charge is 0.457 e. The molecule has 0 bridgehead atoms. The van der Waals surface area contributed by atoms with E-state index in [9.17, 15) is 9.90 Å². The Hall–Kier alpha value is -1.37. The minimum Gasteiger partial charge on any atom is -0.457 e. The summed E-state index contributed by atoms with van der Waals surface area (Å²) in [6.07, 6.45) is 11.4. The van der Waals surface area contributed by atoms with E-state index in [1.807, 2.05) is 30.9 Å². The molecule has 186 valence electrons. The molecule has 0 aromatic carbocycles. The standard InChI is InChI=1S/C28H40N2O3S/c1-19-15-25-24(9-8-21(3)28(25,32)16-26(19)33-22(4)31)20(2)17-30-13-10-23(11-14-30)18-34-27-7-5-6-12-29-27/h5-7,12,15,20-21,23-26,32H,8-11,13-14,17-18H2,1-4H3/t20-,21-,24+,25-,26-,28-/m1/s1. The van der Waals surface area contributed by atoms with Crippen LogP contribution < -0.4 is 0 Å². The third kappa shape index (κ3) is 5.88. The fraction of sp³-hybridized carbons (Fsp3) is 0.679. The van der Waals surface area contributed by atoms with E-state index in [-0.39, 0.29) is 17.8 Å². The average Bonchev–Trinajstić information content (AvgIpc) is 2.81. The molecule has 1 aliphatic heterocycles. The van der Waals surface area contributed by atoms with Crippen molar-refractivity contribution in [2.45, 2.75) is 70.1 Å². The first-order valence-electron chi connectivity index (χ1n) is 12.9. The number of aliphatic hydroxyl groups is 1. The summed E-state index contributed by atoms with van der Waals surface area (Å²) in [6, 6.07) is 6.12. The van der Waals surface area contributed by atoms with Gasteiger partial charge in [-0.2, -0.15) is 0 Å². The number of pyridine rings is 1. The summed E-state index contributed by atoms with van der Waals surface area (Å²) in [5, 5.41) is 12.8. The van der Waals surface area contributed by atoms with Gasteiger partial charge in [-0.05, 0) is 87.1 Å². The molecule has 5 nitrogen and oxygen atoms in total. The van der Waals surface area contributed by atoms with E-state index in [0.717, 1.165) is 54.7 Å². The lowest BCUT2D eigenvalue weighted by Crippen LogP contribution is -2.56. The van der Waals surface area contributed by atoms with Crippen molar-refractivity contribution in [3.05, 3.63) is 42.5 Å². The number of likely N-dealkylation sites (tertiary alicyclic amines) is 1. The van der Waals surface area contributed by atoms with Gasteiger partial charge in [0.1, 0.15) is 6.10 Å². The molecule has 2 radical (unpaired) electrons. The molecule has 2 heterocycles. The van der Waals surface area contributed by atoms with Crippen LogP contribution in [0.25, 0.3) is 0 Å². The van der Waals surface area contributed by atoms with Crippen molar-refractivity contribution in [2.24, 2.45) is 29.6 Å². The zero-order valence-electron chi connectivity index (χ0n) is 21.1. The maximum absolute atomic E-state index is 11.7. The molecule has 0 unspecified atom stereocenters. The summed E-state index contributed by atoms with van der Waals surface area (Å²) in [5.41, 5.74) is -0.0469. The second kappa shape index (κ2) is 11.1. The molecule has 1 saturated heterocycles. The highest BCUT2D eigenvalue weighted by molar-refractivity contribution is 7.99. The number of rotatable bonds is 7. The first-order chi connectivity index (χ1) is 16.3. The number of hydrogen-bond donors (Lipinski definition) is 1. The van der Waals surface area contributed by atoms with Crippen LogP contribution in [0.3, 0.4) is 0 Å². The SMILES string of the molecule is CC(=O)O[C@@H]1[C][C@@]2(O)[C@H](C)CC[C@@H]([C@H](C)CN3CCC(CSc4ccccn4)CC3)[C@H]2C=C1C. The van der Waals surface area contributed by atoms with Gasteiger partial charge in [0, 0.05) is 31.3 Å². The van der Waals surface area contributed by atoms with Crippen LogP contribution in [-0.2, 0) is 9.53 Å². The van der Waals surface area contributed by atoms with Gasteiger partial charge in [0.15, 0.2) is 0 Å². The number of thioether (sulfide) groups is 1. The molecule has 34 heavy (non-hydrogen) atoms. The molecule has 0 amide bonds. The maximum atomic E-state index is 11.7. The van der Waals surface area contributed by atoms with E-state index in [0.29, 0.717) is 11.8 Å². The van der Waals surface area contributed by atoms with Crippen molar-refractivity contribution >= 4 is 17.7 Å². The predicted molar refractivity (Wildman–Crippen MR) is 136 cm³/mol. The molecule has 3 aliphatic rings. The molecular formula is C28H40N2O3S. The van der Waals surface area contributed by atoms with E-state index in [2.05, 4.69) is 48.4 Å². The van der Waals surface area contributed by atoms with E-state index >= 15 is 0 Å². The third-order valence-corrected chi connectivity index (χ3v) is 9.42. The van der Waals surface area contributed by atoms with Crippen molar-refractivity contribution in [3.63, 3.8) is 0 Å². The lowest BCUT2D eigenvalue weighted by atomic mass is 9.57. The van der Waals surface area contributed by atoms with Crippen LogP contribution in [0.2, 0.25) is 0 Å². The van der Waals surface area contributed by atoms with Crippen LogP contribution in [0.5, 0.6) is 0 Å². The molecule has 0 spiro atoms. The Morgan fingerprint density at radius 1 is 1.32 bits per heavy atom. The Kier molecular flexibility index (Phi) is 8.42. The van der Waals surface area contributed by atoms with Gasteiger partial charge < -0.3 is 14.7 Å². The smallest absolute Gasteiger partial charge is 0.303 e. The first-order valence-corrected chi connectivity index (χ1v) is 13.9. The van der Waals surface area contributed by atoms with Crippen LogP contribution in [0.4, 0.5) is 0 Å². The Labute approximate surface area is 209 Å². The number of esters is 1. The quantitative estimate of drug-likeness (QED) is 0.338. The van der Waals surface area contributed by atoms with Crippen LogP contribution in [-0.4, -0.2) is 58.1 Å². The van der Waals surface area contributed by atoms with E-state index in [4.69, 9.17) is 4.74 Å². The number of aromatic nitrogens is 1. The molecule has 1 aromatic heterocycles. The van der Waals surface area contributed by atoms with Gasteiger partial charge in [-0.25, -0.2) is 4.98 Å². The van der Waals surface area contributed by atoms with E-state index in [1.165, 1.54) is 19.8 Å². The molecular weight excluding hydrogens is 444 g/mol. The summed E-state index contributed by atoms with van der Waals surface area (Å²) in [6.45, 7) is 11.2. The number of nitrogens with zero attached hydrogens (tertiary/aromatic N) is 2. The number of carbonyl (C=O) groups excluding carboxylic acids is 1. The fourth-order valence-electron chi connectivity index (χ4n) is 6.12. The zero-order valence-corrected chi connectivity index (χ0v) is 21.9. The average molecular weight is 485 g/mol. The van der Waals surface area contributed by atoms with Crippen LogP contribution >= 0.6 is 11.8 Å². The molecule has 4 rings (SSSR count). The van der Waals surface area contributed by atoms with Crippen LogP contribution in [0, 0.1) is 36.0 Å². The summed E-state index contributed by atoms with van der Waals surface area (Å²) >= 11 is 1.88. The summed E-state index contributed by atoms with van der Waals surface area (Å²) in [4.78, 5) is 18.6. The Bertz CT molecular complexity index is 854. The highest BCUT2D eigenvalue weighted by Gasteiger charge is 2.53. The van der Waals surface area contributed by atoms with Crippen molar-refractivity contribution in [3.8, 4) is 0 Å². The van der Waals surface area contributed by atoms with E-state index < -0.39 is 11.7 Å². The second-order valence-electron chi connectivity index (χ2n) is 10.7. The molecule has 6 heteroatoms. The lowest BCUT2D eigenvalue weighted by Gasteiger charge is -2.53. The third-order valence-electron chi connectivity index (χ3n) is 8.24. The molecule has 2 fully saturated rings. The highest BCUT2D eigenvalue weighted by Crippen LogP contribution is 2.51. The van der Waals surface area contributed by atoms with Gasteiger partial charge in [-0.3, -0.25) is 4.79 Å². The number of hydrogen-bond acceptors (Lipinski definition) is 6. The van der Waals surface area contributed by atoms with Gasteiger partial charge in [0.2, 0.25) is 0 Å². The normalized spacial score (nSPS) is 33.6. The minimum absolute atomic E-state index is 0.0327. The van der Waals surface area contributed by atoms with Crippen LogP contribution in [0.15, 0.2) is 41.1 Å².